The zero-order chi connectivity index (χ0) is 18.5. The van der Waals surface area contributed by atoms with Gasteiger partial charge in [-0.05, 0) is 49.7 Å². The molecule has 0 aromatic heterocycles. The quantitative estimate of drug-likeness (QED) is 0.818. The molecule has 0 aliphatic carbocycles. The van der Waals surface area contributed by atoms with Crippen molar-refractivity contribution < 1.29 is 14.9 Å². The van der Waals surface area contributed by atoms with Crippen molar-refractivity contribution in [1.29, 1.82) is 0 Å². The fourth-order valence-corrected chi connectivity index (χ4v) is 3.17. The van der Waals surface area contributed by atoms with Gasteiger partial charge >= 0.3 is 0 Å². The third kappa shape index (κ3) is 4.62. The topological polar surface area (TPSA) is 66.0 Å². The first-order chi connectivity index (χ1) is 12.5. The molecule has 3 N–H and O–H groups in total. The van der Waals surface area contributed by atoms with Crippen molar-refractivity contribution in [3.63, 3.8) is 0 Å². The Hall–Kier alpha value is -2.37. The van der Waals surface area contributed by atoms with Crippen molar-refractivity contribution in [2.45, 2.75) is 25.8 Å². The first kappa shape index (κ1) is 18.4. The molecule has 1 saturated heterocycles. The van der Waals surface area contributed by atoms with Gasteiger partial charge < -0.3 is 15.5 Å². The molecule has 1 aliphatic heterocycles. The summed E-state index contributed by atoms with van der Waals surface area (Å²) >= 11 is 5.90. The Morgan fingerprint density at radius 3 is 2.50 bits per heavy atom. The van der Waals surface area contributed by atoms with Crippen molar-refractivity contribution in [2.24, 2.45) is 0 Å². The van der Waals surface area contributed by atoms with Crippen LogP contribution in [0.1, 0.15) is 31.4 Å². The SMILES string of the molecule is C[C@H]([NH2+]CC(=O)Nc1ccc(N2CCCC2=O)cc1)c1ccc(Cl)cc1. The lowest BCUT2D eigenvalue weighted by molar-refractivity contribution is -0.682. The fraction of sp³-hybridized carbons (Fsp3) is 0.300. The third-order valence-corrected chi connectivity index (χ3v) is 4.84. The molecule has 1 fully saturated rings. The van der Waals surface area contributed by atoms with Gasteiger partial charge in [0.15, 0.2) is 6.54 Å². The Bertz CT molecular complexity index is 775. The van der Waals surface area contributed by atoms with E-state index in [9.17, 15) is 9.59 Å². The van der Waals surface area contributed by atoms with Gasteiger partial charge in [0.25, 0.3) is 5.91 Å². The molecule has 0 saturated carbocycles. The molecule has 5 nitrogen and oxygen atoms in total. The monoisotopic (exact) mass is 372 g/mol. The molecule has 3 rings (SSSR count). The lowest BCUT2D eigenvalue weighted by Crippen LogP contribution is -2.86. The summed E-state index contributed by atoms with van der Waals surface area (Å²) in [5.41, 5.74) is 2.74. The lowest BCUT2D eigenvalue weighted by atomic mass is 10.1. The van der Waals surface area contributed by atoms with Gasteiger partial charge in [0.05, 0.1) is 0 Å². The van der Waals surface area contributed by atoms with Gasteiger partial charge in [-0.3, -0.25) is 9.59 Å². The first-order valence-electron chi connectivity index (χ1n) is 8.82. The number of anilines is 2. The lowest BCUT2D eigenvalue weighted by Gasteiger charge is -2.16. The highest BCUT2D eigenvalue weighted by molar-refractivity contribution is 6.30. The molecule has 2 amide bonds. The van der Waals surface area contributed by atoms with E-state index in [0.717, 1.165) is 29.9 Å². The average Bonchev–Trinajstić information content (AvgIpc) is 3.07. The van der Waals surface area contributed by atoms with Gasteiger partial charge in [-0.1, -0.05) is 23.7 Å². The summed E-state index contributed by atoms with van der Waals surface area (Å²) in [4.78, 5) is 25.7. The Morgan fingerprint density at radius 1 is 1.19 bits per heavy atom. The van der Waals surface area contributed by atoms with Gasteiger partial charge in [0.2, 0.25) is 5.91 Å². The molecule has 6 heteroatoms. The largest absolute Gasteiger partial charge is 0.333 e. The zero-order valence-electron chi connectivity index (χ0n) is 14.7. The van der Waals surface area contributed by atoms with Gasteiger partial charge in [-0.2, -0.15) is 0 Å². The summed E-state index contributed by atoms with van der Waals surface area (Å²) in [6, 6.07) is 15.2. The molecule has 2 aromatic carbocycles. The van der Waals surface area contributed by atoms with Crippen LogP contribution in [-0.4, -0.2) is 24.9 Å². The van der Waals surface area contributed by atoms with E-state index >= 15 is 0 Å². The summed E-state index contributed by atoms with van der Waals surface area (Å²) in [5, 5.41) is 5.58. The van der Waals surface area contributed by atoms with E-state index in [1.165, 1.54) is 0 Å². The molecule has 136 valence electrons. The maximum atomic E-state index is 12.2. The van der Waals surface area contributed by atoms with Crippen molar-refractivity contribution in [1.82, 2.24) is 0 Å². The molecule has 26 heavy (non-hydrogen) atoms. The maximum Gasteiger partial charge on any atom is 0.279 e. The number of nitrogens with zero attached hydrogens (tertiary/aromatic N) is 1. The Balaban J connectivity index is 1.50. The molecule has 0 unspecified atom stereocenters. The summed E-state index contributed by atoms with van der Waals surface area (Å²) < 4.78 is 0. The van der Waals surface area contributed by atoms with Crippen LogP contribution in [0.5, 0.6) is 0 Å². The van der Waals surface area contributed by atoms with E-state index in [-0.39, 0.29) is 17.9 Å². The average molecular weight is 373 g/mol. The normalized spacial score (nSPS) is 15.2. The van der Waals surface area contributed by atoms with E-state index < -0.39 is 0 Å². The van der Waals surface area contributed by atoms with Crippen LogP contribution in [0.2, 0.25) is 5.02 Å². The minimum absolute atomic E-state index is 0.0594. The molecule has 1 heterocycles. The van der Waals surface area contributed by atoms with Crippen molar-refractivity contribution in [3.8, 4) is 0 Å². The van der Waals surface area contributed by atoms with E-state index in [1.807, 2.05) is 53.8 Å². The molecular weight excluding hydrogens is 350 g/mol. The van der Waals surface area contributed by atoms with Gasteiger partial charge in [-0.25, -0.2) is 0 Å². The molecule has 0 radical (unpaired) electrons. The Labute approximate surface area is 158 Å². The first-order valence-corrected chi connectivity index (χ1v) is 9.20. The zero-order valence-corrected chi connectivity index (χ0v) is 15.5. The van der Waals surface area contributed by atoms with Crippen LogP contribution in [0.3, 0.4) is 0 Å². The summed E-state index contributed by atoms with van der Waals surface area (Å²) in [6.45, 7) is 3.15. The number of amides is 2. The fourth-order valence-electron chi connectivity index (χ4n) is 3.04. The number of rotatable bonds is 6. The van der Waals surface area contributed by atoms with Crippen LogP contribution in [0.15, 0.2) is 48.5 Å². The highest BCUT2D eigenvalue weighted by atomic mass is 35.5. The number of quaternary nitrogens is 1. The van der Waals surface area contributed by atoms with Crippen LogP contribution in [0.25, 0.3) is 0 Å². The molecule has 0 bridgehead atoms. The smallest absolute Gasteiger partial charge is 0.279 e. The summed E-state index contributed by atoms with van der Waals surface area (Å²) in [5.74, 6) is 0.100. The van der Waals surface area contributed by atoms with E-state index in [2.05, 4.69) is 12.2 Å². The van der Waals surface area contributed by atoms with E-state index in [0.29, 0.717) is 18.0 Å². The number of carbonyl (C=O) groups is 2. The molecular formula is C20H23ClN3O2+. The second-order valence-electron chi connectivity index (χ2n) is 6.52. The number of hydrogen-bond acceptors (Lipinski definition) is 2. The van der Waals surface area contributed by atoms with E-state index in [4.69, 9.17) is 11.6 Å². The number of nitrogens with one attached hydrogen (secondary N) is 1. The minimum atomic E-state index is -0.0594. The van der Waals surface area contributed by atoms with Gasteiger partial charge in [0.1, 0.15) is 6.04 Å². The van der Waals surface area contributed by atoms with Crippen molar-refractivity contribution >= 4 is 34.8 Å². The third-order valence-electron chi connectivity index (χ3n) is 4.59. The standard InChI is InChI=1S/C20H22ClN3O2/c1-14(15-4-6-16(21)7-5-15)22-13-19(25)23-17-8-10-18(11-9-17)24-12-2-3-20(24)26/h4-11,14,22H,2-3,12-13H2,1H3,(H,23,25)/p+1/t14-/m0/s1. The molecule has 1 atom stereocenters. The minimum Gasteiger partial charge on any atom is -0.333 e. The summed E-state index contributed by atoms with van der Waals surface area (Å²) in [6.07, 6.45) is 1.51. The number of halogens is 1. The number of nitrogens with two attached hydrogens (primary N) is 1. The molecule has 1 aliphatic rings. The Morgan fingerprint density at radius 2 is 1.88 bits per heavy atom. The van der Waals surface area contributed by atoms with Crippen LogP contribution in [-0.2, 0) is 9.59 Å². The van der Waals surface area contributed by atoms with Crippen LogP contribution >= 0.6 is 11.6 Å². The predicted molar refractivity (Wildman–Crippen MR) is 103 cm³/mol. The highest BCUT2D eigenvalue weighted by Crippen LogP contribution is 2.23. The summed E-state index contributed by atoms with van der Waals surface area (Å²) in [7, 11) is 0. The van der Waals surface area contributed by atoms with Crippen LogP contribution in [0, 0.1) is 0 Å². The second kappa shape index (κ2) is 8.34. The number of hydrogen-bond donors (Lipinski definition) is 2. The molecule has 0 spiro atoms. The highest BCUT2D eigenvalue weighted by Gasteiger charge is 2.21. The van der Waals surface area contributed by atoms with Crippen molar-refractivity contribution in [3.05, 3.63) is 59.1 Å². The predicted octanol–water partition coefficient (Wildman–Crippen LogP) is 2.73. The van der Waals surface area contributed by atoms with Gasteiger partial charge in [0, 0.05) is 34.9 Å². The van der Waals surface area contributed by atoms with Gasteiger partial charge in [-0.15, -0.1) is 0 Å². The maximum absolute atomic E-state index is 12.2. The van der Waals surface area contributed by atoms with Crippen LogP contribution < -0.4 is 15.5 Å². The second-order valence-corrected chi connectivity index (χ2v) is 6.96. The van der Waals surface area contributed by atoms with Crippen molar-refractivity contribution in [2.75, 3.05) is 23.3 Å². The van der Waals surface area contributed by atoms with E-state index in [1.54, 1.807) is 4.90 Å². The Kier molecular flexibility index (Phi) is 5.91. The number of benzene rings is 2. The van der Waals surface area contributed by atoms with Crippen LogP contribution in [0.4, 0.5) is 11.4 Å². The number of carbonyl (C=O) groups excluding carboxylic acids is 2. The molecule has 2 aromatic rings.